The van der Waals surface area contributed by atoms with Crippen LogP contribution in [0.25, 0.3) is 22.0 Å². The highest BCUT2D eigenvalue weighted by Crippen LogP contribution is 2.34. The van der Waals surface area contributed by atoms with Crippen molar-refractivity contribution in [3.8, 4) is 11.1 Å². The van der Waals surface area contributed by atoms with Gasteiger partial charge in [-0.05, 0) is 40.6 Å². The summed E-state index contributed by atoms with van der Waals surface area (Å²) in [5, 5.41) is 20.3. The summed E-state index contributed by atoms with van der Waals surface area (Å²) in [6.45, 7) is 4.83. The molecule has 7 heteroatoms. The van der Waals surface area contributed by atoms with E-state index in [4.69, 9.17) is 5.21 Å². The molecule has 7 nitrogen and oxygen atoms in total. The van der Waals surface area contributed by atoms with E-state index in [9.17, 15) is 4.79 Å². The summed E-state index contributed by atoms with van der Waals surface area (Å²) in [6, 6.07) is 19.0. The molecule has 2 aromatic carbocycles. The van der Waals surface area contributed by atoms with E-state index in [1.165, 1.54) is 11.1 Å². The number of nitrogens with one attached hydrogen (secondary N) is 2. The van der Waals surface area contributed by atoms with Gasteiger partial charge in [0.15, 0.2) is 0 Å². The van der Waals surface area contributed by atoms with E-state index in [-0.39, 0.29) is 12.5 Å². The summed E-state index contributed by atoms with van der Waals surface area (Å²) in [5.41, 5.74) is 6.87. The van der Waals surface area contributed by atoms with Crippen LogP contribution in [0.15, 0.2) is 76.7 Å². The molecule has 0 saturated carbocycles. The van der Waals surface area contributed by atoms with E-state index in [2.05, 4.69) is 65.6 Å². The third-order valence-corrected chi connectivity index (χ3v) is 5.28. The second-order valence-electron chi connectivity index (χ2n) is 7.80. The van der Waals surface area contributed by atoms with Gasteiger partial charge in [0.2, 0.25) is 5.91 Å². The fraction of sp³-hybridized carbons (Fsp3) is 0.261. The van der Waals surface area contributed by atoms with E-state index in [0.29, 0.717) is 18.2 Å². The van der Waals surface area contributed by atoms with Gasteiger partial charge in [-0.1, -0.05) is 61.5 Å². The molecule has 30 heavy (non-hydrogen) atoms. The lowest BCUT2D eigenvalue weighted by molar-refractivity contribution is -0.128. The highest BCUT2D eigenvalue weighted by Gasteiger charge is 2.28. The molecule has 4 rings (SSSR count). The summed E-state index contributed by atoms with van der Waals surface area (Å²) in [5.74, 6) is -0.174. The van der Waals surface area contributed by atoms with Crippen LogP contribution < -0.4 is 5.48 Å². The van der Waals surface area contributed by atoms with Gasteiger partial charge < -0.3 is 4.98 Å². The van der Waals surface area contributed by atoms with Crippen molar-refractivity contribution in [1.29, 1.82) is 0 Å². The molecular formula is C23H25N5O2. The lowest BCUT2D eigenvalue weighted by atomic mass is 10.00. The summed E-state index contributed by atoms with van der Waals surface area (Å²) in [6.07, 6.45) is 1.75. The van der Waals surface area contributed by atoms with Crippen LogP contribution in [0, 0.1) is 5.92 Å². The number of carbonyl (C=O) groups excluding carboxylic acids is 1. The smallest absolute Gasteiger partial charge is 0.247 e. The van der Waals surface area contributed by atoms with Gasteiger partial charge in [0.1, 0.15) is 0 Å². The molecule has 154 valence electrons. The quantitative estimate of drug-likeness (QED) is 0.400. The normalized spacial score (nSPS) is 16.0. The van der Waals surface area contributed by atoms with Crippen LogP contribution in [-0.4, -0.2) is 27.7 Å². The second-order valence-corrected chi connectivity index (χ2v) is 7.80. The molecule has 1 unspecified atom stereocenters. The van der Waals surface area contributed by atoms with Gasteiger partial charge in [0, 0.05) is 17.6 Å². The van der Waals surface area contributed by atoms with Crippen LogP contribution in [0.3, 0.4) is 0 Å². The van der Waals surface area contributed by atoms with Gasteiger partial charge in [-0.25, -0.2) is 5.48 Å². The fourth-order valence-corrected chi connectivity index (χ4v) is 3.84. The molecule has 0 bridgehead atoms. The Morgan fingerprint density at radius 2 is 2.00 bits per heavy atom. The van der Waals surface area contributed by atoms with Crippen LogP contribution in [0.5, 0.6) is 0 Å². The number of hydroxylamine groups is 1. The van der Waals surface area contributed by atoms with Crippen LogP contribution in [0.4, 0.5) is 0 Å². The first-order valence-electron chi connectivity index (χ1n) is 10.0. The van der Waals surface area contributed by atoms with E-state index < -0.39 is 5.91 Å². The number of carbonyl (C=O) groups is 1. The van der Waals surface area contributed by atoms with Crippen LogP contribution >= 0.6 is 0 Å². The zero-order valence-corrected chi connectivity index (χ0v) is 17.0. The maximum absolute atomic E-state index is 11.2. The molecule has 0 saturated heterocycles. The predicted octanol–water partition coefficient (Wildman–Crippen LogP) is 4.99. The molecular weight excluding hydrogens is 378 g/mol. The summed E-state index contributed by atoms with van der Waals surface area (Å²) in [7, 11) is 0. The van der Waals surface area contributed by atoms with Gasteiger partial charge in [-0.2, -0.15) is 0 Å². The molecule has 0 spiro atoms. The first kappa shape index (κ1) is 19.8. The predicted molar refractivity (Wildman–Crippen MR) is 116 cm³/mol. The van der Waals surface area contributed by atoms with Crippen LogP contribution in [0.2, 0.25) is 0 Å². The third kappa shape index (κ3) is 4.11. The zero-order chi connectivity index (χ0) is 21.1. The monoisotopic (exact) mass is 403 g/mol. The number of H-pyrrole nitrogens is 1. The molecule has 3 N–H and O–H groups in total. The standard InChI is InChI=1S/C23H25N5O2/c1-15(2)23(28-14-19(25-27-28)10-11-22(29)26-30)21-13-18-9-8-17(12-20(18)24-21)16-6-4-3-5-7-16/h3-10,12-13,15,23-24,30H,11,14H2,1-2H3,(H,26,29)/b19-10-. The number of hydrogen-bond donors (Lipinski definition) is 3. The molecule has 0 fully saturated rings. The Bertz CT molecular complexity index is 1100. The maximum Gasteiger partial charge on any atom is 0.247 e. The number of fused-ring (bicyclic) bond motifs is 1. The van der Waals surface area contributed by atoms with E-state index in [1.807, 2.05) is 23.2 Å². The fourth-order valence-electron chi connectivity index (χ4n) is 3.84. The lowest BCUT2D eigenvalue weighted by Crippen LogP contribution is -2.26. The average molecular weight is 403 g/mol. The van der Waals surface area contributed by atoms with Crippen LogP contribution in [0.1, 0.15) is 32.0 Å². The van der Waals surface area contributed by atoms with E-state index in [0.717, 1.165) is 16.6 Å². The van der Waals surface area contributed by atoms with Crippen molar-refractivity contribution < 1.29 is 10.0 Å². The van der Waals surface area contributed by atoms with Gasteiger partial charge in [0.05, 0.1) is 18.3 Å². The Labute approximate surface area is 175 Å². The highest BCUT2D eigenvalue weighted by atomic mass is 16.5. The van der Waals surface area contributed by atoms with Crippen molar-refractivity contribution in [2.75, 3.05) is 6.54 Å². The molecule has 3 aromatic rings. The van der Waals surface area contributed by atoms with E-state index >= 15 is 0 Å². The molecule has 1 atom stereocenters. The SMILES string of the molecule is CC(C)C(c1cc2ccc(-c3ccccc3)cc2[nH]1)N1C/C(=C/CC(=O)NO)N=N1. The van der Waals surface area contributed by atoms with Gasteiger partial charge in [-0.15, -0.1) is 5.11 Å². The Morgan fingerprint density at radius 1 is 1.20 bits per heavy atom. The van der Waals surface area contributed by atoms with Crippen molar-refractivity contribution in [3.63, 3.8) is 0 Å². The summed E-state index contributed by atoms with van der Waals surface area (Å²) >= 11 is 0. The Morgan fingerprint density at radius 3 is 2.73 bits per heavy atom. The summed E-state index contributed by atoms with van der Waals surface area (Å²) in [4.78, 5) is 14.8. The second kappa shape index (κ2) is 8.51. The number of aromatic amines is 1. The number of aromatic nitrogens is 1. The number of amides is 1. The number of rotatable bonds is 6. The summed E-state index contributed by atoms with van der Waals surface area (Å²) < 4.78 is 0. The van der Waals surface area contributed by atoms with Crippen LogP contribution in [-0.2, 0) is 4.79 Å². The Kier molecular flexibility index (Phi) is 5.63. The van der Waals surface area contributed by atoms with E-state index in [1.54, 1.807) is 11.6 Å². The molecule has 1 aromatic heterocycles. The Hall–Kier alpha value is -3.45. The highest BCUT2D eigenvalue weighted by molar-refractivity contribution is 5.85. The largest absolute Gasteiger partial charge is 0.357 e. The number of benzene rings is 2. The van der Waals surface area contributed by atoms with Crippen molar-refractivity contribution in [2.24, 2.45) is 16.3 Å². The van der Waals surface area contributed by atoms with Gasteiger partial charge >= 0.3 is 0 Å². The maximum atomic E-state index is 11.2. The topological polar surface area (TPSA) is 93.1 Å². The molecule has 1 amide bonds. The lowest BCUT2D eigenvalue weighted by Gasteiger charge is -2.27. The van der Waals surface area contributed by atoms with Gasteiger partial charge in [-0.3, -0.25) is 15.0 Å². The average Bonchev–Trinajstić information content (AvgIpc) is 3.39. The van der Waals surface area contributed by atoms with Crippen molar-refractivity contribution in [2.45, 2.75) is 26.3 Å². The number of nitrogens with zero attached hydrogens (tertiary/aromatic N) is 3. The minimum absolute atomic E-state index is 0.0268. The molecule has 1 aliphatic heterocycles. The van der Waals surface area contributed by atoms with Crippen molar-refractivity contribution in [1.82, 2.24) is 15.5 Å². The van der Waals surface area contributed by atoms with Crippen molar-refractivity contribution in [3.05, 3.63) is 72.1 Å². The minimum atomic E-state index is -0.471. The molecule has 0 aliphatic carbocycles. The van der Waals surface area contributed by atoms with Gasteiger partial charge in [0.25, 0.3) is 0 Å². The Balaban J connectivity index is 1.59. The molecule has 1 aliphatic rings. The third-order valence-electron chi connectivity index (χ3n) is 5.28. The minimum Gasteiger partial charge on any atom is -0.357 e. The molecule has 0 radical (unpaired) electrons. The first-order valence-corrected chi connectivity index (χ1v) is 10.0. The van der Waals surface area contributed by atoms with Crippen molar-refractivity contribution >= 4 is 16.8 Å². The zero-order valence-electron chi connectivity index (χ0n) is 17.0. The molecule has 2 heterocycles. The number of hydrogen-bond acceptors (Lipinski definition) is 5. The first-order chi connectivity index (χ1) is 14.5.